The summed E-state index contributed by atoms with van der Waals surface area (Å²) in [6, 6.07) is 0. The van der Waals surface area contributed by atoms with Gasteiger partial charge in [0.15, 0.2) is 5.82 Å². The number of anilines is 1. The fourth-order valence-electron chi connectivity index (χ4n) is 1.22. The predicted octanol–water partition coefficient (Wildman–Crippen LogP) is 1.93. The van der Waals surface area contributed by atoms with E-state index in [1.807, 2.05) is 6.92 Å². The van der Waals surface area contributed by atoms with Crippen molar-refractivity contribution in [2.45, 2.75) is 27.4 Å². The summed E-state index contributed by atoms with van der Waals surface area (Å²) in [6.45, 7) is 7.87. The molecule has 0 atom stereocenters. The fourth-order valence-corrected chi connectivity index (χ4v) is 1.22. The van der Waals surface area contributed by atoms with Gasteiger partial charge in [0.2, 0.25) is 0 Å². The van der Waals surface area contributed by atoms with Gasteiger partial charge in [-0.05, 0) is 12.8 Å². The zero-order chi connectivity index (χ0) is 10.6. The summed E-state index contributed by atoms with van der Waals surface area (Å²) in [5.41, 5.74) is 2.19. The molecule has 0 radical (unpaired) electrons. The SMILES string of the molecule is COCc1c(NCC(C)C)n[nH]c1C. The van der Waals surface area contributed by atoms with Crippen molar-refractivity contribution < 1.29 is 4.74 Å². The first-order chi connectivity index (χ1) is 6.65. The molecule has 1 aromatic rings. The number of aromatic amines is 1. The van der Waals surface area contributed by atoms with Gasteiger partial charge in [-0.1, -0.05) is 13.8 Å². The van der Waals surface area contributed by atoms with Crippen LogP contribution in [0.2, 0.25) is 0 Å². The summed E-state index contributed by atoms with van der Waals surface area (Å²) in [4.78, 5) is 0. The molecule has 0 unspecified atom stereocenters. The van der Waals surface area contributed by atoms with Gasteiger partial charge < -0.3 is 10.1 Å². The van der Waals surface area contributed by atoms with Crippen molar-refractivity contribution in [2.24, 2.45) is 5.92 Å². The van der Waals surface area contributed by atoms with Crippen LogP contribution in [0.25, 0.3) is 0 Å². The van der Waals surface area contributed by atoms with E-state index in [9.17, 15) is 0 Å². The highest BCUT2D eigenvalue weighted by atomic mass is 16.5. The van der Waals surface area contributed by atoms with Crippen molar-refractivity contribution in [1.82, 2.24) is 10.2 Å². The van der Waals surface area contributed by atoms with E-state index in [4.69, 9.17) is 4.74 Å². The van der Waals surface area contributed by atoms with Crippen molar-refractivity contribution in [2.75, 3.05) is 19.0 Å². The van der Waals surface area contributed by atoms with Crippen LogP contribution in [-0.4, -0.2) is 23.9 Å². The van der Waals surface area contributed by atoms with Gasteiger partial charge >= 0.3 is 0 Å². The molecule has 0 aliphatic carbocycles. The molecule has 80 valence electrons. The quantitative estimate of drug-likeness (QED) is 0.758. The minimum atomic E-state index is 0.600. The van der Waals surface area contributed by atoms with E-state index >= 15 is 0 Å². The van der Waals surface area contributed by atoms with Crippen LogP contribution in [0.1, 0.15) is 25.1 Å². The molecule has 0 amide bonds. The summed E-state index contributed by atoms with van der Waals surface area (Å²) in [5, 5.41) is 10.4. The standard InChI is InChI=1S/C10H19N3O/c1-7(2)5-11-10-9(6-14-4)8(3)12-13-10/h7H,5-6H2,1-4H3,(H2,11,12,13). The predicted molar refractivity (Wildman–Crippen MR) is 57.4 cm³/mol. The normalized spacial score (nSPS) is 10.9. The van der Waals surface area contributed by atoms with E-state index in [2.05, 4.69) is 29.4 Å². The second-order valence-corrected chi connectivity index (χ2v) is 3.88. The second kappa shape index (κ2) is 5.00. The minimum Gasteiger partial charge on any atom is -0.380 e. The van der Waals surface area contributed by atoms with Gasteiger partial charge in [-0.2, -0.15) is 5.10 Å². The Kier molecular flexibility index (Phi) is 3.95. The molecule has 4 nitrogen and oxygen atoms in total. The van der Waals surface area contributed by atoms with Crippen molar-refractivity contribution in [1.29, 1.82) is 0 Å². The largest absolute Gasteiger partial charge is 0.380 e. The average molecular weight is 197 g/mol. The molecule has 1 heterocycles. The number of nitrogens with one attached hydrogen (secondary N) is 2. The van der Waals surface area contributed by atoms with Gasteiger partial charge in [0.25, 0.3) is 0 Å². The number of hydrogen-bond acceptors (Lipinski definition) is 3. The maximum atomic E-state index is 5.11. The van der Waals surface area contributed by atoms with E-state index in [0.717, 1.165) is 23.6 Å². The molecule has 1 aromatic heterocycles. The first-order valence-corrected chi connectivity index (χ1v) is 4.91. The molecule has 0 spiro atoms. The summed E-state index contributed by atoms with van der Waals surface area (Å²) in [7, 11) is 1.69. The van der Waals surface area contributed by atoms with Crippen LogP contribution >= 0.6 is 0 Å². The Labute approximate surface area is 85.0 Å². The molecule has 1 rings (SSSR count). The fraction of sp³-hybridized carbons (Fsp3) is 0.700. The Hall–Kier alpha value is -1.03. The molecule has 4 heteroatoms. The summed E-state index contributed by atoms with van der Waals surface area (Å²) >= 11 is 0. The highest BCUT2D eigenvalue weighted by molar-refractivity contribution is 5.45. The first kappa shape index (κ1) is 11.0. The van der Waals surface area contributed by atoms with Crippen LogP contribution in [0.4, 0.5) is 5.82 Å². The molecule has 0 bridgehead atoms. The van der Waals surface area contributed by atoms with Crippen LogP contribution < -0.4 is 5.32 Å². The van der Waals surface area contributed by atoms with Crippen LogP contribution in [0, 0.1) is 12.8 Å². The number of hydrogen-bond donors (Lipinski definition) is 2. The number of H-pyrrole nitrogens is 1. The third-order valence-electron chi connectivity index (χ3n) is 2.04. The zero-order valence-electron chi connectivity index (χ0n) is 9.35. The van der Waals surface area contributed by atoms with Crippen molar-refractivity contribution in [3.63, 3.8) is 0 Å². The van der Waals surface area contributed by atoms with Crippen LogP contribution in [0.3, 0.4) is 0 Å². The molecular weight excluding hydrogens is 178 g/mol. The van der Waals surface area contributed by atoms with E-state index in [0.29, 0.717) is 12.5 Å². The highest BCUT2D eigenvalue weighted by Gasteiger charge is 2.09. The monoisotopic (exact) mass is 197 g/mol. The van der Waals surface area contributed by atoms with Crippen molar-refractivity contribution in [3.8, 4) is 0 Å². The third-order valence-corrected chi connectivity index (χ3v) is 2.04. The number of aryl methyl sites for hydroxylation is 1. The maximum Gasteiger partial charge on any atom is 0.153 e. The molecule has 0 aliphatic heterocycles. The Morgan fingerprint density at radius 3 is 2.79 bits per heavy atom. The van der Waals surface area contributed by atoms with Gasteiger partial charge in [0, 0.05) is 24.9 Å². The number of methoxy groups -OCH3 is 1. The van der Waals surface area contributed by atoms with Crippen LogP contribution in [-0.2, 0) is 11.3 Å². The molecule has 0 aliphatic rings. The summed E-state index contributed by atoms with van der Waals surface area (Å²) in [6.07, 6.45) is 0. The van der Waals surface area contributed by atoms with Crippen LogP contribution in [0.5, 0.6) is 0 Å². The molecule has 0 fully saturated rings. The minimum absolute atomic E-state index is 0.600. The molecular formula is C10H19N3O. The summed E-state index contributed by atoms with van der Waals surface area (Å²) < 4.78 is 5.11. The van der Waals surface area contributed by atoms with E-state index in [1.165, 1.54) is 0 Å². The first-order valence-electron chi connectivity index (χ1n) is 4.91. The van der Waals surface area contributed by atoms with Crippen molar-refractivity contribution in [3.05, 3.63) is 11.3 Å². The topological polar surface area (TPSA) is 49.9 Å². The van der Waals surface area contributed by atoms with Gasteiger partial charge in [-0.25, -0.2) is 0 Å². The lowest BCUT2D eigenvalue weighted by Crippen LogP contribution is -2.09. The number of nitrogens with zero attached hydrogens (tertiary/aromatic N) is 1. The number of rotatable bonds is 5. The van der Waals surface area contributed by atoms with Crippen LogP contribution in [0.15, 0.2) is 0 Å². The smallest absolute Gasteiger partial charge is 0.153 e. The van der Waals surface area contributed by atoms with E-state index < -0.39 is 0 Å². The second-order valence-electron chi connectivity index (χ2n) is 3.88. The van der Waals surface area contributed by atoms with Gasteiger partial charge in [0.1, 0.15) is 0 Å². The summed E-state index contributed by atoms with van der Waals surface area (Å²) in [5.74, 6) is 1.53. The Balaban J connectivity index is 2.65. The number of ether oxygens (including phenoxy) is 1. The van der Waals surface area contributed by atoms with Gasteiger partial charge in [0.05, 0.1) is 6.61 Å². The lowest BCUT2D eigenvalue weighted by molar-refractivity contribution is 0.185. The Morgan fingerprint density at radius 1 is 1.50 bits per heavy atom. The zero-order valence-corrected chi connectivity index (χ0v) is 9.35. The van der Waals surface area contributed by atoms with Gasteiger partial charge in [-0.15, -0.1) is 0 Å². The molecule has 0 aromatic carbocycles. The molecule has 0 saturated carbocycles. The van der Waals surface area contributed by atoms with Gasteiger partial charge in [-0.3, -0.25) is 5.10 Å². The Bertz CT molecular complexity index is 281. The van der Waals surface area contributed by atoms with E-state index in [1.54, 1.807) is 7.11 Å². The third kappa shape index (κ3) is 2.73. The molecule has 14 heavy (non-hydrogen) atoms. The highest BCUT2D eigenvalue weighted by Crippen LogP contribution is 2.16. The maximum absolute atomic E-state index is 5.11. The average Bonchev–Trinajstić information content (AvgIpc) is 2.46. The molecule has 0 saturated heterocycles. The van der Waals surface area contributed by atoms with E-state index in [-0.39, 0.29) is 0 Å². The lowest BCUT2D eigenvalue weighted by Gasteiger charge is -2.08. The number of aromatic nitrogens is 2. The lowest BCUT2D eigenvalue weighted by atomic mass is 10.2. The Morgan fingerprint density at radius 2 is 2.21 bits per heavy atom. The van der Waals surface area contributed by atoms with Crippen molar-refractivity contribution >= 4 is 5.82 Å². The molecule has 2 N–H and O–H groups in total.